The molecule has 8 heteroatoms. The van der Waals surface area contributed by atoms with Crippen LogP contribution in [0.25, 0.3) is 0 Å². The molecule has 0 atom stereocenters. The maximum atomic E-state index is 13.5. The second-order valence-corrected chi connectivity index (χ2v) is 9.46. The van der Waals surface area contributed by atoms with Crippen LogP contribution >= 0.6 is 0 Å². The quantitative estimate of drug-likeness (QED) is 0.709. The number of carbonyl (C=O) groups excluding carboxylic acids is 2. The summed E-state index contributed by atoms with van der Waals surface area (Å²) in [5.41, 5.74) is 0.629. The van der Waals surface area contributed by atoms with Gasteiger partial charge in [-0.3, -0.25) is 14.3 Å². The number of sulfonamides is 1. The highest BCUT2D eigenvalue weighted by molar-refractivity contribution is 7.97. The Hall–Kier alpha value is -3.13. The normalized spacial score (nSPS) is 17.1. The number of anilines is 1. The number of benzene rings is 2. The first-order valence-electron chi connectivity index (χ1n) is 10.9. The monoisotopic (exact) mass is 454 g/mol. The summed E-state index contributed by atoms with van der Waals surface area (Å²) in [6.45, 7) is 3.43. The van der Waals surface area contributed by atoms with E-state index in [-0.39, 0.29) is 22.5 Å². The van der Waals surface area contributed by atoms with Crippen molar-refractivity contribution >= 4 is 27.3 Å². The zero-order valence-electron chi connectivity index (χ0n) is 18.0. The van der Waals surface area contributed by atoms with Crippen LogP contribution in [0.2, 0.25) is 0 Å². The number of likely N-dealkylation sites (tertiary alicyclic amines) is 1. The van der Waals surface area contributed by atoms with Gasteiger partial charge in [0.15, 0.2) is 4.91 Å². The van der Waals surface area contributed by atoms with Crippen molar-refractivity contribution in [2.75, 3.05) is 24.4 Å². The van der Waals surface area contributed by atoms with Gasteiger partial charge in [0.25, 0.3) is 10.0 Å². The number of hydrogen-bond donors (Lipinski definition) is 1. The van der Waals surface area contributed by atoms with Gasteiger partial charge in [-0.2, -0.15) is 0 Å². The molecule has 0 unspecified atom stereocenters. The van der Waals surface area contributed by atoms with Gasteiger partial charge < -0.3 is 9.64 Å². The third kappa shape index (κ3) is 4.27. The number of fused-ring (bicyclic) bond motifs is 1. The molecule has 1 heterocycles. The van der Waals surface area contributed by atoms with E-state index in [4.69, 9.17) is 4.74 Å². The van der Waals surface area contributed by atoms with E-state index in [1.165, 1.54) is 6.07 Å². The number of ketones is 2. The van der Waals surface area contributed by atoms with Crippen LogP contribution in [0, 0.1) is 0 Å². The number of carbonyl (C=O) groups is 2. The minimum Gasteiger partial charge on any atom is -0.494 e. The Kier molecular flexibility index (Phi) is 6.32. The average molecular weight is 455 g/mol. The van der Waals surface area contributed by atoms with E-state index in [9.17, 15) is 18.0 Å². The predicted octanol–water partition coefficient (Wildman–Crippen LogP) is 3.99. The molecule has 32 heavy (non-hydrogen) atoms. The highest BCUT2D eigenvalue weighted by Gasteiger charge is 2.41. The molecule has 1 N–H and O–H groups in total. The van der Waals surface area contributed by atoms with Crippen molar-refractivity contribution in [2.24, 2.45) is 0 Å². The minimum atomic E-state index is -4.32. The van der Waals surface area contributed by atoms with Gasteiger partial charge in [0, 0.05) is 29.9 Å². The molecule has 0 amide bonds. The summed E-state index contributed by atoms with van der Waals surface area (Å²) in [5, 5.41) is 0. The van der Waals surface area contributed by atoms with Crippen LogP contribution in [0.1, 0.15) is 53.3 Å². The largest absolute Gasteiger partial charge is 0.494 e. The second kappa shape index (κ2) is 9.16. The molecule has 1 aliphatic heterocycles. The number of Topliss-reactive ketones (excluding diaryl/α,β-unsaturated/α-hetero) is 2. The minimum absolute atomic E-state index is 0.0194. The van der Waals surface area contributed by atoms with Gasteiger partial charge in [-0.25, -0.2) is 8.42 Å². The molecule has 168 valence electrons. The van der Waals surface area contributed by atoms with Crippen LogP contribution in [0.4, 0.5) is 5.69 Å². The van der Waals surface area contributed by atoms with Crippen LogP contribution in [0.15, 0.2) is 59.1 Å². The molecule has 0 spiro atoms. The van der Waals surface area contributed by atoms with Crippen LogP contribution in [-0.2, 0) is 10.0 Å². The van der Waals surface area contributed by atoms with Crippen LogP contribution in [0.3, 0.4) is 0 Å². The predicted molar refractivity (Wildman–Crippen MR) is 122 cm³/mol. The van der Waals surface area contributed by atoms with Gasteiger partial charge >= 0.3 is 0 Å². The van der Waals surface area contributed by atoms with Crippen molar-refractivity contribution in [1.82, 2.24) is 4.90 Å². The molecule has 7 nitrogen and oxygen atoms in total. The summed E-state index contributed by atoms with van der Waals surface area (Å²) in [7, 11) is -4.32. The van der Waals surface area contributed by atoms with E-state index in [2.05, 4.69) is 4.72 Å². The lowest BCUT2D eigenvalue weighted by Gasteiger charge is -2.30. The van der Waals surface area contributed by atoms with Crippen molar-refractivity contribution < 1.29 is 22.7 Å². The first kappa shape index (κ1) is 22.1. The van der Waals surface area contributed by atoms with Crippen LogP contribution in [0.5, 0.6) is 5.75 Å². The Morgan fingerprint density at radius 1 is 0.875 bits per heavy atom. The first-order valence-corrected chi connectivity index (χ1v) is 12.3. The molecule has 0 aromatic heterocycles. The Balaban J connectivity index is 1.79. The Bertz CT molecular complexity index is 1160. The lowest BCUT2D eigenvalue weighted by atomic mass is 9.91. The number of ether oxygens (including phenoxy) is 1. The molecule has 1 fully saturated rings. The topological polar surface area (TPSA) is 92.8 Å². The standard InChI is InChI=1S/C24H26N2O5S/c1-2-31-18-13-11-17(12-14-18)25-32(29,30)24-21(26-15-7-3-4-8-16-26)22(27)19-9-5-6-10-20(19)23(24)28/h5-6,9-14,25H,2-4,7-8,15-16H2,1H3. The van der Waals surface area contributed by atoms with Crippen LogP contribution in [-0.4, -0.2) is 44.6 Å². The fourth-order valence-corrected chi connectivity index (χ4v) is 5.54. The number of nitrogens with one attached hydrogen (secondary N) is 1. The Labute approximate surface area is 188 Å². The highest BCUT2D eigenvalue weighted by Crippen LogP contribution is 2.33. The van der Waals surface area contributed by atoms with E-state index < -0.39 is 26.5 Å². The molecule has 0 saturated carbocycles. The molecule has 1 saturated heterocycles. The van der Waals surface area contributed by atoms with E-state index >= 15 is 0 Å². The molecule has 1 aliphatic carbocycles. The number of nitrogens with zero attached hydrogens (tertiary/aromatic N) is 1. The SMILES string of the molecule is CCOc1ccc(NS(=O)(=O)C2=C(N3CCCCCC3)C(=O)c3ccccc3C2=O)cc1. The zero-order valence-corrected chi connectivity index (χ0v) is 18.8. The Morgan fingerprint density at radius 2 is 1.47 bits per heavy atom. The lowest BCUT2D eigenvalue weighted by molar-refractivity contribution is 0.0947. The molecule has 4 rings (SSSR count). The molecule has 2 aromatic carbocycles. The molecule has 2 aliphatic rings. The van der Waals surface area contributed by atoms with Gasteiger partial charge in [-0.15, -0.1) is 0 Å². The van der Waals surface area contributed by atoms with Crippen molar-refractivity contribution in [3.63, 3.8) is 0 Å². The fourth-order valence-electron chi connectivity index (χ4n) is 4.16. The summed E-state index contributed by atoms with van der Waals surface area (Å²) in [4.78, 5) is 28.1. The highest BCUT2D eigenvalue weighted by atomic mass is 32.2. The van der Waals surface area contributed by atoms with Crippen molar-refractivity contribution in [3.05, 3.63) is 70.3 Å². The second-order valence-electron chi connectivity index (χ2n) is 7.85. The van der Waals surface area contributed by atoms with E-state index in [1.54, 1.807) is 47.4 Å². The molecule has 2 aromatic rings. The fraction of sp³-hybridized carbons (Fsp3) is 0.333. The summed E-state index contributed by atoms with van der Waals surface area (Å²) < 4.78 is 34.8. The smallest absolute Gasteiger partial charge is 0.268 e. The molecular weight excluding hydrogens is 428 g/mol. The number of allylic oxidation sites excluding steroid dienone is 2. The molecule has 0 radical (unpaired) electrons. The van der Waals surface area contributed by atoms with E-state index in [1.807, 2.05) is 6.92 Å². The van der Waals surface area contributed by atoms with Gasteiger partial charge in [-0.1, -0.05) is 37.1 Å². The Morgan fingerprint density at radius 3 is 2.06 bits per heavy atom. The van der Waals surface area contributed by atoms with E-state index in [0.717, 1.165) is 25.7 Å². The van der Waals surface area contributed by atoms with Gasteiger partial charge in [0.05, 0.1) is 6.61 Å². The van der Waals surface area contributed by atoms with Crippen molar-refractivity contribution in [1.29, 1.82) is 0 Å². The van der Waals surface area contributed by atoms with Crippen molar-refractivity contribution in [2.45, 2.75) is 32.6 Å². The maximum absolute atomic E-state index is 13.5. The number of rotatable bonds is 6. The molecule has 0 bridgehead atoms. The third-order valence-electron chi connectivity index (χ3n) is 5.66. The van der Waals surface area contributed by atoms with Gasteiger partial charge in [0.1, 0.15) is 11.4 Å². The van der Waals surface area contributed by atoms with E-state index in [0.29, 0.717) is 25.4 Å². The summed E-state index contributed by atoms with van der Waals surface area (Å²) >= 11 is 0. The summed E-state index contributed by atoms with van der Waals surface area (Å²) in [5.74, 6) is -0.468. The average Bonchev–Trinajstić information content (AvgIpc) is 3.06. The molecular formula is C24H26N2O5S. The maximum Gasteiger partial charge on any atom is 0.268 e. The summed E-state index contributed by atoms with van der Waals surface area (Å²) in [6, 6.07) is 12.8. The zero-order chi connectivity index (χ0) is 22.7. The number of hydrogen-bond acceptors (Lipinski definition) is 6. The summed E-state index contributed by atoms with van der Waals surface area (Å²) in [6.07, 6.45) is 3.70. The van der Waals surface area contributed by atoms with Crippen molar-refractivity contribution in [3.8, 4) is 5.75 Å². The van der Waals surface area contributed by atoms with Crippen LogP contribution < -0.4 is 9.46 Å². The van der Waals surface area contributed by atoms with Gasteiger partial charge in [0.2, 0.25) is 11.6 Å². The first-order chi connectivity index (χ1) is 15.4. The lowest BCUT2D eigenvalue weighted by Crippen LogP contribution is -2.38. The van der Waals surface area contributed by atoms with Gasteiger partial charge in [-0.05, 0) is 44.0 Å². The third-order valence-corrected chi connectivity index (χ3v) is 7.08.